The molecule has 0 radical (unpaired) electrons. The second-order valence-electron chi connectivity index (χ2n) is 6.98. The summed E-state index contributed by atoms with van der Waals surface area (Å²) in [6.07, 6.45) is 6.57. The zero-order chi connectivity index (χ0) is 15.5. The molecule has 3 heterocycles. The highest BCUT2D eigenvalue weighted by Gasteiger charge is 2.46. The highest BCUT2D eigenvalue weighted by molar-refractivity contribution is 6.40. The van der Waals surface area contributed by atoms with Gasteiger partial charge in [-0.3, -0.25) is 4.79 Å². The minimum absolute atomic E-state index is 0.0452. The molecule has 3 rings (SSSR count). The first-order valence-electron chi connectivity index (χ1n) is 8.80. The van der Waals surface area contributed by atoms with Gasteiger partial charge in [0.15, 0.2) is 0 Å². The lowest BCUT2D eigenvalue weighted by atomic mass is 9.82. The topological polar surface area (TPSA) is 84.8 Å². The minimum atomic E-state index is -1.18. The Hall–Kier alpha value is -0.625. The van der Waals surface area contributed by atoms with Crippen LogP contribution in [-0.2, 0) is 4.79 Å². The Morgan fingerprint density at radius 1 is 1.23 bits per heavy atom. The number of rotatable bonds is 6. The van der Waals surface area contributed by atoms with Crippen molar-refractivity contribution in [2.24, 2.45) is 5.92 Å². The van der Waals surface area contributed by atoms with Crippen LogP contribution in [0.5, 0.6) is 0 Å². The number of carbonyl (C=O) groups excluding carboxylic acids is 1. The van der Waals surface area contributed by atoms with Crippen LogP contribution in [0.4, 0.5) is 0 Å². The maximum Gasteiger partial charge on any atom is 0.451 e. The zero-order valence-corrected chi connectivity index (χ0v) is 13.2. The van der Waals surface area contributed by atoms with E-state index in [2.05, 4.69) is 15.5 Å². The van der Waals surface area contributed by atoms with Crippen molar-refractivity contribution >= 4 is 13.0 Å². The number of nitrogens with one attached hydrogen (secondary N) is 2. The van der Waals surface area contributed by atoms with E-state index in [0.29, 0.717) is 30.2 Å². The average Bonchev–Trinajstić information content (AvgIpc) is 3.20. The van der Waals surface area contributed by atoms with Gasteiger partial charge in [-0.2, -0.15) is 0 Å². The molecule has 0 aromatic heterocycles. The van der Waals surface area contributed by atoms with Gasteiger partial charge in [-0.25, -0.2) is 0 Å². The maximum atomic E-state index is 12.6. The lowest BCUT2D eigenvalue weighted by Gasteiger charge is -2.26. The van der Waals surface area contributed by atoms with Crippen LogP contribution in [0.25, 0.3) is 0 Å². The molecule has 4 atom stereocenters. The highest BCUT2D eigenvalue weighted by Crippen LogP contribution is 2.34. The SMILES string of the molecule is O=C(C1CCCN1)N1CC[C@H]2[C@@H](CCCCB(O)O)NC[C@@H]21. The van der Waals surface area contributed by atoms with E-state index in [9.17, 15) is 4.79 Å². The molecule has 0 saturated carbocycles. The van der Waals surface area contributed by atoms with Gasteiger partial charge in [-0.05, 0) is 44.5 Å². The molecule has 0 bridgehead atoms. The van der Waals surface area contributed by atoms with Gasteiger partial charge in [0.1, 0.15) is 0 Å². The Morgan fingerprint density at radius 3 is 2.82 bits per heavy atom. The summed E-state index contributed by atoms with van der Waals surface area (Å²) in [6, 6.07) is 0.891. The molecule has 0 spiro atoms. The van der Waals surface area contributed by atoms with Crippen LogP contribution in [-0.4, -0.2) is 65.7 Å². The van der Waals surface area contributed by atoms with E-state index < -0.39 is 7.12 Å². The van der Waals surface area contributed by atoms with E-state index in [1.54, 1.807) is 0 Å². The summed E-state index contributed by atoms with van der Waals surface area (Å²) in [5.41, 5.74) is 0. The largest absolute Gasteiger partial charge is 0.451 e. The van der Waals surface area contributed by atoms with Gasteiger partial charge in [0.2, 0.25) is 5.91 Å². The number of amides is 1. The standard InChI is InChI=1S/C15H28BN3O3/c20-15(13-5-3-8-17-13)19-9-6-11-12(18-10-14(11)19)4-1-2-7-16(21)22/h11-14,17-18,21-22H,1-10H2/t11-,12+,13?,14-/m0/s1. The first-order valence-corrected chi connectivity index (χ1v) is 8.80. The van der Waals surface area contributed by atoms with Gasteiger partial charge in [-0.1, -0.05) is 12.8 Å². The maximum absolute atomic E-state index is 12.6. The van der Waals surface area contributed by atoms with Crippen LogP contribution in [0.3, 0.4) is 0 Å². The van der Waals surface area contributed by atoms with Crippen LogP contribution in [0.2, 0.25) is 6.32 Å². The smallest absolute Gasteiger partial charge is 0.427 e. The summed E-state index contributed by atoms with van der Waals surface area (Å²) in [5, 5.41) is 24.7. The second-order valence-corrected chi connectivity index (χ2v) is 6.98. The van der Waals surface area contributed by atoms with Gasteiger partial charge < -0.3 is 25.6 Å². The van der Waals surface area contributed by atoms with Crippen molar-refractivity contribution in [2.75, 3.05) is 19.6 Å². The van der Waals surface area contributed by atoms with Crippen LogP contribution < -0.4 is 10.6 Å². The molecular formula is C15H28BN3O3. The van der Waals surface area contributed by atoms with Crippen LogP contribution in [0.15, 0.2) is 0 Å². The quantitative estimate of drug-likeness (QED) is 0.395. The van der Waals surface area contributed by atoms with E-state index in [4.69, 9.17) is 10.0 Å². The Labute approximate surface area is 132 Å². The Bertz CT molecular complexity index is 390. The van der Waals surface area contributed by atoms with Crippen LogP contribution in [0, 0.1) is 5.92 Å². The Morgan fingerprint density at radius 2 is 2.09 bits per heavy atom. The number of carbonyl (C=O) groups is 1. The van der Waals surface area contributed by atoms with Crippen molar-refractivity contribution in [1.29, 1.82) is 0 Å². The molecule has 0 aliphatic carbocycles. The molecule has 3 fully saturated rings. The molecule has 4 N–H and O–H groups in total. The molecule has 3 saturated heterocycles. The predicted octanol–water partition coefficient (Wildman–Crippen LogP) is -0.430. The lowest BCUT2D eigenvalue weighted by molar-refractivity contribution is -0.133. The third-order valence-electron chi connectivity index (χ3n) is 5.57. The van der Waals surface area contributed by atoms with Gasteiger partial charge in [0.25, 0.3) is 0 Å². The fourth-order valence-corrected chi connectivity index (χ4v) is 4.41. The number of fused-ring (bicyclic) bond motifs is 1. The molecular weight excluding hydrogens is 281 g/mol. The Balaban J connectivity index is 1.47. The first kappa shape index (κ1) is 16.2. The van der Waals surface area contributed by atoms with Crippen molar-refractivity contribution < 1.29 is 14.8 Å². The summed E-state index contributed by atoms with van der Waals surface area (Å²) in [5.74, 6) is 0.875. The van der Waals surface area contributed by atoms with Crippen molar-refractivity contribution in [3.63, 3.8) is 0 Å². The number of nitrogens with zero attached hydrogens (tertiary/aromatic N) is 1. The monoisotopic (exact) mass is 309 g/mol. The number of hydrogen-bond donors (Lipinski definition) is 4. The lowest BCUT2D eigenvalue weighted by Crippen LogP contribution is -2.47. The van der Waals surface area contributed by atoms with Gasteiger partial charge >= 0.3 is 7.12 Å². The number of hydrogen-bond acceptors (Lipinski definition) is 5. The van der Waals surface area contributed by atoms with Gasteiger partial charge in [0.05, 0.1) is 6.04 Å². The van der Waals surface area contributed by atoms with Crippen molar-refractivity contribution in [2.45, 2.75) is 63.0 Å². The molecule has 1 amide bonds. The summed E-state index contributed by atoms with van der Waals surface area (Å²) in [4.78, 5) is 14.7. The van der Waals surface area contributed by atoms with Gasteiger partial charge in [0, 0.05) is 25.2 Å². The molecule has 0 aromatic rings. The fraction of sp³-hybridized carbons (Fsp3) is 0.933. The van der Waals surface area contributed by atoms with E-state index in [1.165, 1.54) is 0 Å². The molecule has 1 unspecified atom stereocenters. The molecule has 7 heteroatoms. The highest BCUT2D eigenvalue weighted by atomic mass is 16.4. The normalized spacial score (nSPS) is 34.2. The third kappa shape index (κ3) is 3.48. The van der Waals surface area contributed by atoms with Crippen molar-refractivity contribution in [3.05, 3.63) is 0 Å². The third-order valence-corrected chi connectivity index (χ3v) is 5.57. The average molecular weight is 309 g/mol. The summed E-state index contributed by atoms with van der Waals surface area (Å²) < 4.78 is 0. The van der Waals surface area contributed by atoms with E-state index in [0.717, 1.165) is 58.2 Å². The van der Waals surface area contributed by atoms with Crippen molar-refractivity contribution in [1.82, 2.24) is 15.5 Å². The summed E-state index contributed by atoms with van der Waals surface area (Å²) in [7, 11) is -1.18. The molecule has 0 aromatic carbocycles. The fourth-order valence-electron chi connectivity index (χ4n) is 4.41. The molecule has 22 heavy (non-hydrogen) atoms. The predicted molar refractivity (Wildman–Crippen MR) is 85.3 cm³/mol. The van der Waals surface area contributed by atoms with E-state index in [-0.39, 0.29) is 6.04 Å². The summed E-state index contributed by atoms with van der Waals surface area (Å²) in [6.45, 7) is 2.78. The van der Waals surface area contributed by atoms with E-state index >= 15 is 0 Å². The minimum Gasteiger partial charge on any atom is -0.427 e. The molecule has 6 nitrogen and oxygen atoms in total. The molecule has 124 valence electrons. The van der Waals surface area contributed by atoms with Crippen LogP contribution >= 0.6 is 0 Å². The van der Waals surface area contributed by atoms with Gasteiger partial charge in [-0.15, -0.1) is 0 Å². The van der Waals surface area contributed by atoms with Crippen LogP contribution in [0.1, 0.15) is 38.5 Å². The van der Waals surface area contributed by atoms with Crippen molar-refractivity contribution in [3.8, 4) is 0 Å². The molecule has 3 aliphatic rings. The Kier molecular flexibility index (Phi) is 5.39. The van der Waals surface area contributed by atoms with E-state index in [1.807, 2.05) is 0 Å². The zero-order valence-electron chi connectivity index (χ0n) is 13.2. The first-order chi connectivity index (χ1) is 10.7. The number of unbranched alkanes of at least 4 members (excludes halogenated alkanes) is 1. The molecule has 3 aliphatic heterocycles. The number of likely N-dealkylation sites (tertiary alicyclic amines) is 1. The second kappa shape index (κ2) is 7.30. The summed E-state index contributed by atoms with van der Waals surface area (Å²) >= 11 is 0.